The van der Waals surface area contributed by atoms with Gasteiger partial charge in [-0.25, -0.2) is 19.6 Å². The number of nitrogens with one attached hydrogen (secondary N) is 2. The number of rotatable bonds is 22. The van der Waals surface area contributed by atoms with Crippen LogP contribution in [0.2, 0.25) is 0 Å². The van der Waals surface area contributed by atoms with Gasteiger partial charge in [-0.3, -0.25) is 9.80 Å². The molecule has 15 heteroatoms. The normalized spacial score (nSPS) is 11.9. The average molecular weight is 685 g/mol. The first-order valence-electron chi connectivity index (χ1n) is 15.6. The van der Waals surface area contributed by atoms with Gasteiger partial charge in [0.2, 0.25) is 0 Å². The highest BCUT2D eigenvalue weighted by atomic mass is 32.1. The van der Waals surface area contributed by atoms with Crippen molar-refractivity contribution >= 4 is 35.0 Å². The van der Waals surface area contributed by atoms with Crippen LogP contribution in [0.1, 0.15) is 50.9 Å². The van der Waals surface area contributed by atoms with Crippen LogP contribution in [0.4, 0.5) is 5.69 Å². The van der Waals surface area contributed by atoms with Crippen molar-refractivity contribution < 1.29 is 39.5 Å². The van der Waals surface area contributed by atoms with Crippen LogP contribution >= 0.6 is 12.2 Å². The maximum atomic E-state index is 11.7. The molecule has 1 atom stereocenters. The zero-order chi connectivity index (χ0) is 34.7. The third kappa shape index (κ3) is 12.8. The number of aromatic carboxylic acids is 2. The van der Waals surface area contributed by atoms with E-state index in [9.17, 15) is 30.0 Å². The first-order valence-corrected chi connectivity index (χ1v) is 16.0. The minimum absolute atomic E-state index is 0.0327. The third-order valence-corrected chi connectivity index (χ3v) is 7.36. The molecule has 0 saturated carbocycles. The van der Waals surface area contributed by atoms with Gasteiger partial charge in [0.25, 0.3) is 0 Å². The summed E-state index contributed by atoms with van der Waals surface area (Å²) in [5.41, 5.74) is 2.63. The summed E-state index contributed by atoms with van der Waals surface area (Å²) in [6.07, 6.45) is 0. The van der Waals surface area contributed by atoms with Crippen molar-refractivity contribution in [2.75, 3.05) is 77.7 Å². The summed E-state index contributed by atoms with van der Waals surface area (Å²) in [6.45, 7) is 5.75. The van der Waals surface area contributed by atoms with E-state index in [0.717, 1.165) is 11.3 Å². The van der Waals surface area contributed by atoms with E-state index in [1.807, 2.05) is 41.0 Å². The molecule has 2 heterocycles. The predicted octanol–water partition coefficient (Wildman–Crippen LogP) is 2.09. The summed E-state index contributed by atoms with van der Waals surface area (Å²) in [5, 5.41) is 44.8. The first kappa shape index (κ1) is 38.4. The topological polar surface area (TPSA) is 190 Å². The van der Waals surface area contributed by atoms with Crippen molar-refractivity contribution in [2.45, 2.75) is 19.5 Å². The van der Waals surface area contributed by atoms with E-state index in [4.69, 9.17) is 21.7 Å². The van der Waals surface area contributed by atoms with Gasteiger partial charge in [-0.15, -0.1) is 0 Å². The Bertz CT molecular complexity index is 1450. The lowest BCUT2D eigenvalue weighted by Crippen LogP contribution is -2.36. The molecular weight excluding hydrogens is 640 g/mol. The SMILES string of the molecule is CCNC(=S)Nc1ccc(C(c2cccc(C(=O)O)n2)N(CCO)CCOCCOCCN(CCO)Cc2cccc(C(=O)O)n2)cc1. The molecule has 0 bridgehead atoms. The quantitative estimate of drug-likeness (QED) is 0.0666. The molecule has 48 heavy (non-hydrogen) atoms. The lowest BCUT2D eigenvalue weighted by atomic mass is 10.00. The summed E-state index contributed by atoms with van der Waals surface area (Å²) < 4.78 is 11.6. The maximum Gasteiger partial charge on any atom is 0.354 e. The predicted molar refractivity (Wildman–Crippen MR) is 183 cm³/mol. The Hall–Kier alpha value is -4.09. The van der Waals surface area contributed by atoms with Gasteiger partial charge in [0.05, 0.1) is 57.1 Å². The van der Waals surface area contributed by atoms with Crippen LogP contribution in [-0.2, 0) is 16.0 Å². The molecule has 0 amide bonds. The van der Waals surface area contributed by atoms with E-state index >= 15 is 0 Å². The molecule has 0 saturated heterocycles. The number of thiocarbonyl (C=S) groups is 1. The van der Waals surface area contributed by atoms with E-state index in [2.05, 4.69) is 20.6 Å². The Morgan fingerprint density at radius 1 is 0.812 bits per heavy atom. The number of carboxylic acid groups (broad SMARTS) is 2. The largest absolute Gasteiger partial charge is 0.477 e. The van der Waals surface area contributed by atoms with Crippen molar-refractivity contribution in [1.82, 2.24) is 25.1 Å². The van der Waals surface area contributed by atoms with Crippen LogP contribution in [0.25, 0.3) is 0 Å². The van der Waals surface area contributed by atoms with Gasteiger partial charge in [0.1, 0.15) is 11.4 Å². The number of carboxylic acids is 2. The number of aliphatic hydroxyl groups is 2. The van der Waals surface area contributed by atoms with E-state index in [0.29, 0.717) is 82.2 Å². The van der Waals surface area contributed by atoms with Crippen LogP contribution in [0.3, 0.4) is 0 Å². The van der Waals surface area contributed by atoms with Crippen LogP contribution in [0.5, 0.6) is 0 Å². The number of anilines is 1. The number of aliphatic hydroxyl groups excluding tert-OH is 2. The number of hydrogen-bond acceptors (Lipinski definition) is 11. The molecule has 0 radical (unpaired) electrons. The van der Waals surface area contributed by atoms with Crippen molar-refractivity contribution in [2.24, 2.45) is 0 Å². The maximum absolute atomic E-state index is 11.7. The lowest BCUT2D eigenvalue weighted by Gasteiger charge is -2.31. The minimum Gasteiger partial charge on any atom is -0.477 e. The second kappa shape index (κ2) is 21.0. The highest BCUT2D eigenvalue weighted by molar-refractivity contribution is 7.80. The van der Waals surface area contributed by atoms with Gasteiger partial charge < -0.3 is 40.5 Å². The monoisotopic (exact) mass is 684 g/mol. The number of carbonyl (C=O) groups is 2. The fourth-order valence-electron chi connectivity index (χ4n) is 4.90. The number of hydrogen-bond donors (Lipinski definition) is 6. The molecule has 260 valence electrons. The standard InChI is InChI=1S/C33H44N6O8S/c1-2-34-33(48)36-25-11-9-24(10-12-25)30(27-6-4-8-29(37-27)32(44)45)39(14-18-41)16-20-47-22-21-46-19-15-38(13-17-40)23-26-5-3-7-28(35-26)31(42)43/h3-12,30,40-41H,2,13-23H2,1H3,(H,42,43)(H,44,45)(H2,34,36,48). The Kier molecular flexibility index (Phi) is 16.8. The van der Waals surface area contributed by atoms with Crippen molar-refractivity contribution in [3.63, 3.8) is 0 Å². The number of ether oxygens (including phenoxy) is 2. The fraction of sp³-hybridized carbons (Fsp3) is 0.424. The van der Waals surface area contributed by atoms with E-state index < -0.39 is 18.0 Å². The highest BCUT2D eigenvalue weighted by Gasteiger charge is 2.24. The van der Waals surface area contributed by atoms with Gasteiger partial charge in [0, 0.05) is 45.0 Å². The number of benzene rings is 1. The molecule has 0 aliphatic carbocycles. The number of pyridine rings is 2. The molecular formula is C33H44N6O8S. The Morgan fingerprint density at radius 3 is 2.06 bits per heavy atom. The molecule has 3 rings (SSSR count). The second-order valence-corrected chi connectivity index (χ2v) is 11.0. The van der Waals surface area contributed by atoms with Gasteiger partial charge >= 0.3 is 11.9 Å². The molecule has 0 aliphatic rings. The second-order valence-electron chi connectivity index (χ2n) is 10.6. The first-order chi connectivity index (χ1) is 23.2. The molecule has 1 unspecified atom stereocenters. The van der Waals surface area contributed by atoms with E-state index in [1.54, 1.807) is 24.3 Å². The molecule has 14 nitrogen and oxygen atoms in total. The smallest absolute Gasteiger partial charge is 0.354 e. The van der Waals surface area contributed by atoms with Crippen molar-refractivity contribution in [3.05, 3.63) is 89.0 Å². The number of nitrogens with zero attached hydrogens (tertiary/aromatic N) is 4. The van der Waals surface area contributed by atoms with E-state index in [1.165, 1.54) is 12.1 Å². The Balaban J connectivity index is 1.57. The molecule has 2 aromatic heterocycles. The molecule has 0 fully saturated rings. The van der Waals surface area contributed by atoms with Crippen LogP contribution in [-0.4, -0.2) is 130 Å². The zero-order valence-electron chi connectivity index (χ0n) is 27.0. The fourth-order valence-corrected chi connectivity index (χ4v) is 5.16. The Labute approximate surface area is 285 Å². The minimum atomic E-state index is -1.13. The summed E-state index contributed by atoms with van der Waals surface area (Å²) in [7, 11) is 0. The molecule has 0 aliphatic heterocycles. The summed E-state index contributed by atoms with van der Waals surface area (Å²) >= 11 is 5.28. The summed E-state index contributed by atoms with van der Waals surface area (Å²) in [6, 6.07) is 16.8. The van der Waals surface area contributed by atoms with Gasteiger partial charge in [-0.2, -0.15) is 0 Å². The van der Waals surface area contributed by atoms with Crippen LogP contribution in [0.15, 0.2) is 60.7 Å². The third-order valence-electron chi connectivity index (χ3n) is 7.12. The lowest BCUT2D eigenvalue weighted by molar-refractivity contribution is 0.0245. The molecule has 0 spiro atoms. The summed E-state index contributed by atoms with van der Waals surface area (Å²) in [5.74, 6) is -2.23. The highest BCUT2D eigenvalue weighted by Crippen LogP contribution is 2.28. The van der Waals surface area contributed by atoms with Gasteiger partial charge in [0.15, 0.2) is 5.11 Å². The average Bonchev–Trinajstić information content (AvgIpc) is 3.07. The van der Waals surface area contributed by atoms with Crippen LogP contribution in [0, 0.1) is 0 Å². The van der Waals surface area contributed by atoms with Gasteiger partial charge in [-0.1, -0.05) is 24.3 Å². The van der Waals surface area contributed by atoms with Crippen molar-refractivity contribution in [1.29, 1.82) is 0 Å². The van der Waals surface area contributed by atoms with Crippen LogP contribution < -0.4 is 10.6 Å². The molecule has 3 aromatic rings. The van der Waals surface area contributed by atoms with Crippen molar-refractivity contribution in [3.8, 4) is 0 Å². The molecule has 6 N–H and O–H groups in total. The van der Waals surface area contributed by atoms with Gasteiger partial charge in [-0.05, 0) is 61.1 Å². The Morgan fingerprint density at radius 2 is 1.44 bits per heavy atom. The number of aromatic nitrogens is 2. The molecule has 1 aromatic carbocycles. The zero-order valence-corrected chi connectivity index (χ0v) is 27.8. The summed E-state index contributed by atoms with van der Waals surface area (Å²) in [4.78, 5) is 35.4. The van der Waals surface area contributed by atoms with E-state index in [-0.39, 0.29) is 24.6 Å².